The van der Waals surface area contributed by atoms with E-state index in [0.717, 1.165) is 13.4 Å². The van der Waals surface area contributed by atoms with Crippen LogP contribution in [0.5, 0.6) is 0 Å². The number of carboxylic acid groups (broad SMARTS) is 2. The van der Waals surface area contributed by atoms with Gasteiger partial charge in [-0.15, -0.1) is 0 Å². The third-order valence-electron chi connectivity index (χ3n) is 6.92. The molecule has 0 unspecified atom stereocenters. The van der Waals surface area contributed by atoms with E-state index in [0.29, 0.717) is 138 Å². The number of aldehydes is 1. The van der Waals surface area contributed by atoms with Gasteiger partial charge >= 0.3 is 63.3 Å². The van der Waals surface area contributed by atoms with E-state index in [2.05, 4.69) is 12.2 Å². The predicted molar refractivity (Wildman–Crippen MR) is 190 cm³/mol. The number of aliphatic hydroxyl groups excluding tert-OH is 1. The van der Waals surface area contributed by atoms with E-state index in [9.17, 15) is 29.4 Å². The first kappa shape index (κ1) is 55.6. The molecule has 0 spiro atoms. The minimum absolute atomic E-state index is 0. The van der Waals surface area contributed by atoms with Crippen LogP contribution in [0.15, 0.2) is 0 Å². The Morgan fingerprint density at radius 1 is 0.577 bits per heavy atom. The van der Waals surface area contributed by atoms with Crippen molar-refractivity contribution in [3.63, 3.8) is 0 Å². The number of nitrogens with zero attached hydrogens (tertiary/aromatic N) is 4. The Labute approximate surface area is 353 Å². The van der Waals surface area contributed by atoms with Gasteiger partial charge < -0.3 is 60.8 Å². The molecule has 1 saturated heterocycles. The molecule has 0 radical (unpaired) electrons. The first-order valence-corrected chi connectivity index (χ1v) is 17.6. The van der Waals surface area contributed by atoms with Crippen LogP contribution in [-0.4, -0.2) is 231 Å². The molecule has 1 aliphatic rings. The molecule has 0 saturated carbocycles. The van der Waals surface area contributed by atoms with E-state index in [1.165, 1.54) is 0 Å². The number of hydrogen-bond acceptors (Lipinski definition) is 15. The summed E-state index contributed by atoms with van der Waals surface area (Å²) in [4.78, 5) is 54.0. The summed E-state index contributed by atoms with van der Waals surface area (Å²) in [5.41, 5.74) is 0. The summed E-state index contributed by atoms with van der Waals surface area (Å²) in [5, 5.41) is 28.5. The van der Waals surface area contributed by atoms with Crippen molar-refractivity contribution in [2.75, 3.05) is 171 Å². The number of carbonyl (C=O) groups is 4. The molecule has 0 aromatic rings. The van der Waals surface area contributed by atoms with Crippen LogP contribution < -0.4 is 56.7 Å². The molecule has 0 bridgehead atoms. The average Bonchev–Trinajstić information content (AvgIpc) is 3.11. The van der Waals surface area contributed by atoms with Crippen molar-refractivity contribution in [3.8, 4) is 0 Å². The minimum Gasteiger partial charge on any atom is -0.480 e. The Bertz CT molecular complexity index is 839. The van der Waals surface area contributed by atoms with Gasteiger partial charge in [-0.3, -0.25) is 34.0 Å². The number of rotatable bonds is 27. The van der Waals surface area contributed by atoms with Crippen molar-refractivity contribution < 1.29 is 114 Å². The van der Waals surface area contributed by atoms with Crippen LogP contribution in [0.3, 0.4) is 0 Å². The van der Waals surface area contributed by atoms with E-state index < -0.39 is 11.9 Å². The summed E-state index contributed by atoms with van der Waals surface area (Å²) in [6.45, 7) is 16.7. The molecule has 1 aliphatic heterocycles. The van der Waals surface area contributed by atoms with E-state index in [-0.39, 0.29) is 83.5 Å². The molecule has 1 rings (SSSR count). The van der Waals surface area contributed by atoms with Gasteiger partial charge in [-0.1, -0.05) is 20.5 Å². The molecule has 0 atom stereocenters. The van der Waals surface area contributed by atoms with Gasteiger partial charge in [-0.25, -0.2) is 0 Å². The van der Waals surface area contributed by atoms with Gasteiger partial charge in [0.25, 0.3) is 0 Å². The maximum Gasteiger partial charge on any atom is 1.00 e. The summed E-state index contributed by atoms with van der Waals surface area (Å²) in [6, 6.07) is 0. The van der Waals surface area contributed by atoms with Crippen LogP contribution in [0, 0.1) is 6.92 Å². The standard InChI is InChI=1S/C30H56N5O12.C2H6.CH4O.K/c1-2-42-15-16-44-19-20-46-23-24-47-22-21-45-18-17-43-14-3-31-28(37)25-33-6-4-32(12-13-36)5-7-34(26-29(38)39)10-11-35(9-8-33)27-30(40)41;2*1-2;/h13H,1-12,14-27H2,(H,31,37)(H,38,39)(H,40,41);1-2H3;2H,1H3;/q-1;;;+1. The summed E-state index contributed by atoms with van der Waals surface area (Å²) in [7, 11) is 1.00. The molecule has 1 amide bonds. The third-order valence-corrected chi connectivity index (χ3v) is 6.92. The average molecular weight is 780 g/mol. The number of carbonyl (C=O) groups excluding carboxylic acids is 2. The smallest absolute Gasteiger partial charge is 0.480 e. The predicted octanol–water partition coefficient (Wildman–Crippen LogP) is -4.74. The number of aliphatic hydroxyl groups is 1. The zero-order valence-electron chi connectivity index (χ0n) is 32.2. The Morgan fingerprint density at radius 3 is 1.21 bits per heavy atom. The molecule has 4 N–H and O–H groups in total. The van der Waals surface area contributed by atoms with Crippen molar-refractivity contribution in [1.82, 2.24) is 24.9 Å². The van der Waals surface area contributed by atoms with Gasteiger partial charge in [0.15, 0.2) is 0 Å². The Morgan fingerprint density at radius 2 is 0.885 bits per heavy atom. The van der Waals surface area contributed by atoms with Gasteiger partial charge in [-0.05, 0) is 0 Å². The number of ether oxygens (including phenoxy) is 6. The van der Waals surface area contributed by atoms with Crippen LogP contribution in [0.25, 0.3) is 0 Å². The first-order chi connectivity index (χ1) is 24.8. The van der Waals surface area contributed by atoms with Crippen molar-refractivity contribution >= 4 is 24.1 Å². The van der Waals surface area contributed by atoms with Gasteiger partial charge in [0.2, 0.25) is 5.91 Å². The van der Waals surface area contributed by atoms with Gasteiger partial charge in [0.05, 0.1) is 98.9 Å². The molecule has 0 aromatic heterocycles. The second-order valence-electron chi connectivity index (χ2n) is 10.6. The van der Waals surface area contributed by atoms with Gasteiger partial charge in [0, 0.05) is 66.0 Å². The summed E-state index contributed by atoms with van der Waals surface area (Å²) in [5.74, 6) is -2.14. The Kier molecular flexibility index (Phi) is 46.0. The molecule has 1 fully saturated rings. The van der Waals surface area contributed by atoms with E-state index in [4.69, 9.17) is 33.5 Å². The Balaban J connectivity index is -0.00000463. The first-order valence-electron chi connectivity index (χ1n) is 17.6. The SMILES string of the molecule is CC.CO.[CH2-]COCCOCCOCCOCCOCCOCCNC(=O)CN1CCN(CC=O)CCN(CC(=O)O)CCN(CC(=O)O)CC1.[K+]. The largest absolute Gasteiger partial charge is 1.00 e. The molecule has 18 nitrogen and oxygen atoms in total. The second-order valence-corrected chi connectivity index (χ2v) is 10.6. The number of nitrogens with one attached hydrogen (secondary N) is 1. The van der Waals surface area contributed by atoms with Crippen molar-refractivity contribution in [2.45, 2.75) is 13.8 Å². The maximum absolute atomic E-state index is 12.7. The molecule has 0 aromatic carbocycles. The molecule has 52 heavy (non-hydrogen) atoms. The van der Waals surface area contributed by atoms with Crippen LogP contribution in [-0.2, 0) is 47.6 Å². The fraction of sp³-hybridized carbons (Fsp3) is 0.848. The third kappa shape index (κ3) is 37.6. The van der Waals surface area contributed by atoms with Crippen LogP contribution >= 0.6 is 0 Å². The summed E-state index contributed by atoms with van der Waals surface area (Å²) >= 11 is 0. The van der Waals surface area contributed by atoms with Crippen molar-refractivity contribution in [2.24, 2.45) is 0 Å². The Hall–Kier alpha value is -0.724. The van der Waals surface area contributed by atoms with Crippen LogP contribution in [0.2, 0.25) is 0 Å². The number of hydrogen-bond donors (Lipinski definition) is 4. The molecular weight excluding hydrogens is 713 g/mol. The zero-order valence-corrected chi connectivity index (χ0v) is 35.3. The molecule has 19 heteroatoms. The van der Waals surface area contributed by atoms with E-state index >= 15 is 0 Å². The van der Waals surface area contributed by atoms with Crippen molar-refractivity contribution in [3.05, 3.63) is 6.92 Å². The molecule has 1 heterocycles. The number of aliphatic carboxylic acids is 2. The van der Waals surface area contributed by atoms with Crippen LogP contribution in [0.4, 0.5) is 0 Å². The normalized spacial score (nSPS) is 15.0. The number of amides is 1. The summed E-state index contributed by atoms with van der Waals surface area (Å²) in [6.07, 6.45) is 0.805. The quantitative estimate of drug-likeness (QED) is 0.0267. The topological polar surface area (TPSA) is 209 Å². The van der Waals surface area contributed by atoms with Gasteiger partial charge in [-0.2, -0.15) is 0 Å². The minimum atomic E-state index is -0.978. The fourth-order valence-corrected chi connectivity index (χ4v) is 4.45. The second kappa shape index (κ2) is 43.0. The zero-order chi connectivity index (χ0) is 38.4. The maximum atomic E-state index is 12.7. The number of carboxylic acids is 2. The van der Waals surface area contributed by atoms with E-state index in [1.54, 1.807) is 9.80 Å². The van der Waals surface area contributed by atoms with Crippen LogP contribution in [0.1, 0.15) is 13.8 Å². The summed E-state index contributed by atoms with van der Waals surface area (Å²) < 4.78 is 32.2. The fourth-order valence-electron chi connectivity index (χ4n) is 4.45. The molecule has 302 valence electrons. The molecular formula is C33H66KN5O13. The molecule has 0 aliphatic carbocycles. The van der Waals surface area contributed by atoms with E-state index in [1.807, 2.05) is 23.6 Å². The van der Waals surface area contributed by atoms with Crippen molar-refractivity contribution in [1.29, 1.82) is 0 Å². The monoisotopic (exact) mass is 779 g/mol. The van der Waals surface area contributed by atoms with Gasteiger partial charge in [0.1, 0.15) is 6.29 Å².